The van der Waals surface area contributed by atoms with Crippen LogP contribution in [-0.2, 0) is 11.3 Å². The van der Waals surface area contributed by atoms with Gasteiger partial charge < -0.3 is 19.3 Å². The molecule has 1 aromatic heterocycles. The number of aliphatic hydroxyl groups is 1. The summed E-state index contributed by atoms with van der Waals surface area (Å²) < 4.78 is 16.5. The first kappa shape index (κ1) is 17.3. The van der Waals surface area contributed by atoms with Crippen molar-refractivity contribution in [3.05, 3.63) is 46.2 Å². The monoisotopic (exact) mass is 333 g/mol. The maximum absolute atomic E-state index is 9.92. The molecular weight excluding hydrogens is 314 g/mol. The summed E-state index contributed by atoms with van der Waals surface area (Å²) >= 11 is 1.61. The van der Waals surface area contributed by atoms with Crippen LogP contribution < -0.4 is 9.47 Å². The average Bonchev–Trinajstić information content (AvgIpc) is 3.07. The molecular formula is C17H19NO4S. The Balaban J connectivity index is 1.81. The van der Waals surface area contributed by atoms with E-state index in [4.69, 9.17) is 19.5 Å². The quantitative estimate of drug-likeness (QED) is 0.764. The molecule has 1 atom stereocenters. The Kier molecular flexibility index (Phi) is 6.88. The van der Waals surface area contributed by atoms with E-state index in [9.17, 15) is 5.11 Å². The zero-order valence-electron chi connectivity index (χ0n) is 12.9. The Morgan fingerprint density at radius 1 is 1.22 bits per heavy atom. The predicted octanol–water partition coefficient (Wildman–Crippen LogP) is 2.97. The van der Waals surface area contributed by atoms with Gasteiger partial charge in [-0.1, -0.05) is 6.07 Å². The van der Waals surface area contributed by atoms with Crippen molar-refractivity contribution >= 4 is 11.3 Å². The highest BCUT2D eigenvalue weighted by molar-refractivity contribution is 7.09. The van der Waals surface area contributed by atoms with Crippen LogP contribution in [0.3, 0.4) is 0 Å². The van der Waals surface area contributed by atoms with Crippen LogP contribution in [0, 0.1) is 11.3 Å². The Morgan fingerprint density at radius 2 is 2.09 bits per heavy atom. The summed E-state index contributed by atoms with van der Waals surface area (Å²) in [5.41, 5.74) is 0.501. The van der Waals surface area contributed by atoms with E-state index in [0.29, 0.717) is 30.3 Å². The fraction of sp³-hybridized carbons (Fsp3) is 0.353. The van der Waals surface area contributed by atoms with Crippen molar-refractivity contribution in [1.82, 2.24) is 0 Å². The first-order chi connectivity index (χ1) is 11.2. The molecule has 2 aromatic rings. The lowest BCUT2D eigenvalue weighted by Crippen LogP contribution is -2.23. The Labute approximate surface area is 139 Å². The molecule has 0 spiro atoms. The van der Waals surface area contributed by atoms with Gasteiger partial charge in [0, 0.05) is 10.9 Å². The number of benzene rings is 1. The summed E-state index contributed by atoms with van der Waals surface area (Å²) in [6, 6.07) is 10.9. The van der Waals surface area contributed by atoms with E-state index in [-0.39, 0.29) is 13.2 Å². The molecule has 0 amide bonds. The van der Waals surface area contributed by atoms with Gasteiger partial charge in [0.1, 0.15) is 12.7 Å². The van der Waals surface area contributed by atoms with Gasteiger partial charge in [-0.05, 0) is 30.5 Å². The highest BCUT2D eigenvalue weighted by Crippen LogP contribution is 2.28. The second kappa shape index (κ2) is 9.16. The third kappa shape index (κ3) is 5.57. The van der Waals surface area contributed by atoms with Crippen molar-refractivity contribution in [1.29, 1.82) is 5.26 Å². The lowest BCUT2D eigenvalue weighted by atomic mass is 10.2. The maximum atomic E-state index is 9.92. The summed E-state index contributed by atoms with van der Waals surface area (Å²) in [7, 11) is 0. The molecule has 0 saturated carbocycles. The highest BCUT2D eigenvalue weighted by Gasteiger charge is 2.10. The number of hydrogen-bond donors (Lipinski definition) is 1. The van der Waals surface area contributed by atoms with Gasteiger partial charge in [0.05, 0.1) is 31.5 Å². The first-order valence-electron chi connectivity index (χ1n) is 7.31. The van der Waals surface area contributed by atoms with E-state index in [2.05, 4.69) is 6.07 Å². The SMILES string of the molecule is CCOc1cc(C#N)ccc1OCC(O)COCc1cccs1. The fourth-order valence-corrected chi connectivity index (χ4v) is 2.53. The third-order valence-corrected chi connectivity index (χ3v) is 3.79. The molecule has 23 heavy (non-hydrogen) atoms. The second-order valence-corrected chi connectivity index (χ2v) is 5.80. The summed E-state index contributed by atoms with van der Waals surface area (Å²) in [4.78, 5) is 1.11. The molecule has 0 saturated heterocycles. The largest absolute Gasteiger partial charge is 0.490 e. The van der Waals surface area contributed by atoms with Gasteiger partial charge in [-0.25, -0.2) is 0 Å². The normalized spacial score (nSPS) is 11.7. The molecule has 1 heterocycles. The zero-order chi connectivity index (χ0) is 16.5. The molecule has 122 valence electrons. The van der Waals surface area contributed by atoms with Crippen molar-refractivity contribution in [3.63, 3.8) is 0 Å². The van der Waals surface area contributed by atoms with Gasteiger partial charge in [0.25, 0.3) is 0 Å². The number of nitrogens with zero attached hydrogens (tertiary/aromatic N) is 1. The molecule has 2 rings (SSSR count). The van der Waals surface area contributed by atoms with Crippen molar-refractivity contribution in [2.75, 3.05) is 19.8 Å². The van der Waals surface area contributed by atoms with Crippen LogP contribution in [-0.4, -0.2) is 31.0 Å². The van der Waals surface area contributed by atoms with Crippen LogP contribution in [0.1, 0.15) is 17.4 Å². The molecule has 0 fully saturated rings. The lowest BCUT2D eigenvalue weighted by molar-refractivity contribution is 0.00576. The summed E-state index contributed by atoms with van der Waals surface area (Å²) in [6.07, 6.45) is -0.736. The van der Waals surface area contributed by atoms with Crippen LogP contribution in [0.5, 0.6) is 11.5 Å². The molecule has 0 aliphatic heterocycles. The van der Waals surface area contributed by atoms with E-state index < -0.39 is 6.10 Å². The van der Waals surface area contributed by atoms with Crippen molar-refractivity contribution in [2.24, 2.45) is 0 Å². The van der Waals surface area contributed by atoms with Crippen LogP contribution in [0.4, 0.5) is 0 Å². The molecule has 1 N–H and O–H groups in total. The summed E-state index contributed by atoms with van der Waals surface area (Å²) in [5, 5.41) is 20.8. The molecule has 1 aromatic carbocycles. The van der Waals surface area contributed by atoms with Crippen LogP contribution >= 0.6 is 11.3 Å². The molecule has 0 radical (unpaired) electrons. The molecule has 0 bridgehead atoms. The van der Waals surface area contributed by atoms with E-state index in [1.165, 1.54) is 0 Å². The molecule has 0 aliphatic rings. The minimum absolute atomic E-state index is 0.0937. The standard InChI is InChI=1S/C17H19NO4S/c1-2-21-17-8-13(9-18)5-6-16(17)22-11-14(19)10-20-12-15-4-3-7-23-15/h3-8,14,19H,2,10-12H2,1H3. The predicted molar refractivity (Wildman–Crippen MR) is 87.8 cm³/mol. The number of rotatable bonds is 9. The molecule has 1 unspecified atom stereocenters. The van der Waals surface area contributed by atoms with E-state index in [1.807, 2.05) is 24.4 Å². The number of hydrogen-bond acceptors (Lipinski definition) is 6. The van der Waals surface area contributed by atoms with Crippen molar-refractivity contribution in [3.8, 4) is 17.6 Å². The molecule has 6 heteroatoms. The average molecular weight is 333 g/mol. The Morgan fingerprint density at radius 3 is 2.78 bits per heavy atom. The van der Waals surface area contributed by atoms with Gasteiger partial charge in [0.15, 0.2) is 11.5 Å². The van der Waals surface area contributed by atoms with Gasteiger partial charge in [-0.2, -0.15) is 5.26 Å². The zero-order valence-corrected chi connectivity index (χ0v) is 13.7. The van der Waals surface area contributed by atoms with E-state index in [1.54, 1.807) is 29.5 Å². The van der Waals surface area contributed by atoms with Crippen molar-refractivity contribution < 1.29 is 19.3 Å². The van der Waals surface area contributed by atoms with Crippen molar-refractivity contribution in [2.45, 2.75) is 19.6 Å². The minimum Gasteiger partial charge on any atom is -0.490 e. The Hall–Kier alpha value is -2.07. The van der Waals surface area contributed by atoms with Gasteiger partial charge >= 0.3 is 0 Å². The molecule has 0 aliphatic carbocycles. The summed E-state index contributed by atoms with van der Waals surface area (Å²) in [6.45, 7) is 3.10. The smallest absolute Gasteiger partial charge is 0.162 e. The molecule has 5 nitrogen and oxygen atoms in total. The fourth-order valence-electron chi connectivity index (χ4n) is 1.89. The van der Waals surface area contributed by atoms with Crippen LogP contribution in [0.15, 0.2) is 35.7 Å². The number of aliphatic hydroxyl groups excluding tert-OH is 1. The second-order valence-electron chi connectivity index (χ2n) is 4.77. The van der Waals surface area contributed by atoms with Gasteiger partial charge in [-0.15, -0.1) is 11.3 Å². The first-order valence-corrected chi connectivity index (χ1v) is 8.18. The number of thiophene rings is 1. The minimum atomic E-state index is -0.736. The third-order valence-electron chi connectivity index (χ3n) is 2.94. The topological polar surface area (TPSA) is 71.7 Å². The number of ether oxygens (including phenoxy) is 3. The highest BCUT2D eigenvalue weighted by atomic mass is 32.1. The lowest BCUT2D eigenvalue weighted by Gasteiger charge is -2.15. The summed E-state index contributed by atoms with van der Waals surface area (Å²) in [5.74, 6) is 1.00. The van der Waals surface area contributed by atoms with Crippen LogP contribution in [0.25, 0.3) is 0 Å². The maximum Gasteiger partial charge on any atom is 0.162 e. The van der Waals surface area contributed by atoms with Gasteiger partial charge in [-0.3, -0.25) is 0 Å². The van der Waals surface area contributed by atoms with Gasteiger partial charge in [0.2, 0.25) is 0 Å². The van der Waals surface area contributed by atoms with Crippen LogP contribution in [0.2, 0.25) is 0 Å². The van der Waals surface area contributed by atoms with E-state index >= 15 is 0 Å². The van der Waals surface area contributed by atoms with E-state index in [0.717, 1.165) is 4.88 Å². The Bertz CT molecular complexity index is 637. The number of nitriles is 1.